The number of carboxylic acids is 1. The van der Waals surface area contributed by atoms with Crippen LogP contribution in [0.25, 0.3) is 0 Å². The Bertz CT molecular complexity index is 354. The summed E-state index contributed by atoms with van der Waals surface area (Å²) in [6, 6.07) is -0.352. The van der Waals surface area contributed by atoms with Crippen LogP contribution in [0.1, 0.15) is 32.1 Å². The first-order valence-corrected chi connectivity index (χ1v) is 8.24. The number of carbonyl (C=O) groups excluding carboxylic acids is 1. The highest BCUT2D eigenvalue weighted by Gasteiger charge is 2.41. The number of rotatable bonds is 7. The zero-order chi connectivity index (χ0) is 14.3. The van der Waals surface area contributed by atoms with Gasteiger partial charge in [0.1, 0.15) is 0 Å². The molecule has 1 saturated carbocycles. The molecule has 19 heavy (non-hydrogen) atoms. The summed E-state index contributed by atoms with van der Waals surface area (Å²) in [5, 5.41) is 14.5. The number of aliphatic carboxylic acids is 1. The van der Waals surface area contributed by atoms with Crippen molar-refractivity contribution < 1.29 is 18.9 Å². The average Bonchev–Trinajstić information content (AvgIpc) is 2.82. The predicted octanol–water partition coefficient (Wildman–Crippen LogP) is 0.699. The third-order valence-corrected chi connectivity index (χ3v) is 4.36. The van der Waals surface area contributed by atoms with Crippen LogP contribution in [-0.2, 0) is 15.6 Å². The first-order chi connectivity index (χ1) is 8.96. The van der Waals surface area contributed by atoms with Gasteiger partial charge >= 0.3 is 12.0 Å². The number of amides is 2. The Morgan fingerprint density at radius 2 is 1.89 bits per heavy atom. The second kappa shape index (κ2) is 7.47. The second-order valence-corrected chi connectivity index (χ2v) is 6.59. The fraction of sp³-hybridized carbons (Fsp3) is 0.833. The minimum atomic E-state index is -0.848. The van der Waals surface area contributed by atoms with Crippen molar-refractivity contribution in [1.29, 1.82) is 0 Å². The van der Waals surface area contributed by atoms with E-state index < -0.39 is 22.2 Å². The Morgan fingerprint density at radius 3 is 2.42 bits per heavy atom. The van der Waals surface area contributed by atoms with Gasteiger partial charge in [-0.1, -0.05) is 12.8 Å². The molecule has 1 fully saturated rings. The number of carbonyl (C=O) groups is 2. The van der Waals surface area contributed by atoms with Gasteiger partial charge < -0.3 is 15.7 Å². The molecule has 0 aromatic carbocycles. The van der Waals surface area contributed by atoms with E-state index in [1.54, 1.807) is 6.26 Å². The number of hydrogen-bond acceptors (Lipinski definition) is 3. The van der Waals surface area contributed by atoms with Gasteiger partial charge in [0.25, 0.3) is 0 Å². The third kappa shape index (κ3) is 5.18. The maximum Gasteiger partial charge on any atom is 0.314 e. The van der Waals surface area contributed by atoms with Gasteiger partial charge in [-0.25, -0.2) is 4.79 Å². The highest BCUT2D eigenvalue weighted by atomic mass is 32.2. The van der Waals surface area contributed by atoms with Gasteiger partial charge in [0.05, 0.1) is 5.41 Å². The fourth-order valence-electron chi connectivity index (χ4n) is 2.31. The van der Waals surface area contributed by atoms with Gasteiger partial charge in [0.15, 0.2) is 0 Å². The molecule has 0 spiro atoms. The maximum atomic E-state index is 11.5. The summed E-state index contributed by atoms with van der Waals surface area (Å²) in [5.74, 6) is -0.272. The zero-order valence-corrected chi connectivity index (χ0v) is 12.1. The average molecular weight is 290 g/mol. The lowest BCUT2D eigenvalue weighted by molar-refractivity contribution is -0.148. The molecule has 1 aliphatic carbocycles. The lowest BCUT2D eigenvalue weighted by Crippen LogP contribution is -2.45. The molecule has 2 amide bonds. The minimum absolute atomic E-state index is 0.174. The number of carboxylic acid groups (broad SMARTS) is 1. The molecule has 7 heteroatoms. The van der Waals surface area contributed by atoms with Crippen molar-refractivity contribution in [1.82, 2.24) is 10.6 Å². The van der Waals surface area contributed by atoms with Crippen LogP contribution in [0.4, 0.5) is 4.79 Å². The van der Waals surface area contributed by atoms with Crippen LogP contribution in [0.3, 0.4) is 0 Å². The standard InChI is InChI=1S/C12H22N2O4S/c1-19(18)8-4-7-13-11(17)14-9-12(10(15)16)5-2-3-6-12/h2-9H2,1H3,(H,15,16)(H2,13,14,17). The molecule has 1 rings (SSSR count). The van der Waals surface area contributed by atoms with Crippen LogP contribution in [0.2, 0.25) is 0 Å². The summed E-state index contributed by atoms with van der Waals surface area (Å²) in [6.07, 6.45) is 5.32. The van der Waals surface area contributed by atoms with E-state index in [0.29, 0.717) is 31.6 Å². The van der Waals surface area contributed by atoms with Crippen LogP contribution in [0, 0.1) is 5.41 Å². The molecule has 1 aliphatic rings. The first-order valence-electron chi connectivity index (χ1n) is 6.51. The van der Waals surface area contributed by atoms with E-state index in [2.05, 4.69) is 10.6 Å². The van der Waals surface area contributed by atoms with Crippen molar-refractivity contribution in [2.75, 3.05) is 25.1 Å². The van der Waals surface area contributed by atoms with Crippen molar-refractivity contribution in [3.8, 4) is 0 Å². The van der Waals surface area contributed by atoms with Gasteiger partial charge in [0.2, 0.25) is 0 Å². The van der Waals surface area contributed by atoms with Crippen LogP contribution < -0.4 is 10.6 Å². The van der Waals surface area contributed by atoms with E-state index in [1.165, 1.54) is 0 Å². The molecule has 0 saturated heterocycles. The Morgan fingerprint density at radius 1 is 1.26 bits per heavy atom. The van der Waals surface area contributed by atoms with Crippen molar-refractivity contribution in [2.45, 2.75) is 32.1 Å². The Labute approximate surface area is 115 Å². The van der Waals surface area contributed by atoms with Gasteiger partial charge in [-0.3, -0.25) is 9.00 Å². The Kier molecular flexibility index (Phi) is 6.27. The maximum absolute atomic E-state index is 11.5. The molecule has 1 unspecified atom stereocenters. The van der Waals surface area contributed by atoms with Crippen molar-refractivity contribution >= 4 is 22.8 Å². The number of hydrogen-bond donors (Lipinski definition) is 3. The monoisotopic (exact) mass is 290 g/mol. The van der Waals surface area contributed by atoms with Gasteiger partial charge in [-0.15, -0.1) is 0 Å². The van der Waals surface area contributed by atoms with Crippen LogP contribution in [0.5, 0.6) is 0 Å². The summed E-state index contributed by atoms with van der Waals surface area (Å²) in [6.45, 7) is 0.624. The minimum Gasteiger partial charge on any atom is -0.481 e. The topological polar surface area (TPSA) is 95.5 Å². The molecule has 0 aromatic rings. The largest absolute Gasteiger partial charge is 0.481 e. The summed E-state index contributed by atoms with van der Waals surface area (Å²) >= 11 is 0. The van der Waals surface area contributed by atoms with Gasteiger partial charge in [-0.2, -0.15) is 0 Å². The number of urea groups is 1. The molecular weight excluding hydrogens is 268 g/mol. The normalized spacial score (nSPS) is 18.8. The van der Waals surface area contributed by atoms with Crippen molar-refractivity contribution in [3.05, 3.63) is 0 Å². The van der Waals surface area contributed by atoms with Gasteiger partial charge in [0, 0.05) is 35.9 Å². The second-order valence-electron chi connectivity index (χ2n) is 5.03. The van der Waals surface area contributed by atoms with Crippen LogP contribution in [0.15, 0.2) is 0 Å². The molecule has 0 heterocycles. The van der Waals surface area contributed by atoms with E-state index in [-0.39, 0.29) is 12.6 Å². The molecule has 6 nitrogen and oxygen atoms in total. The summed E-state index contributed by atoms with van der Waals surface area (Å²) in [5.41, 5.74) is -0.789. The lowest BCUT2D eigenvalue weighted by Gasteiger charge is -2.24. The first kappa shape index (κ1) is 15.9. The highest BCUT2D eigenvalue weighted by molar-refractivity contribution is 7.84. The predicted molar refractivity (Wildman–Crippen MR) is 73.5 cm³/mol. The molecule has 0 aromatic heterocycles. The Balaban J connectivity index is 2.25. The third-order valence-electron chi connectivity index (χ3n) is 3.50. The van der Waals surface area contributed by atoms with Gasteiger partial charge in [-0.05, 0) is 19.3 Å². The summed E-state index contributed by atoms with van der Waals surface area (Å²) < 4.78 is 10.8. The van der Waals surface area contributed by atoms with Crippen molar-refractivity contribution in [3.63, 3.8) is 0 Å². The molecule has 0 aliphatic heterocycles. The van der Waals surface area contributed by atoms with E-state index in [0.717, 1.165) is 12.8 Å². The van der Waals surface area contributed by atoms with E-state index in [1.807, 2.05) is 0 Å². The molecule has 0 bridgehead atoms. The summed E-state index contributed by atoms with van der Waals surface area (Å²) in [4.78, 5) is 22.8. The molecule has 0 radical (unpaired) electrons. The summed E-state index contributed by atoms with van der Waals surface area (Å²) in [7, 11) is -0.848. The van der Waals surface area contributed by atoms with E-state index in [9.17, 15) is 18.9 Å². The van der Waals surface area contributed by atoms with Crippen molar-refractivity contribution in [2.24, 2.45) is 5.41 Å². The van der Waals surface area contributed by atoms with E-state index in [4.69, 9.17) is 0 Å². The highest BCUT2D eigenvalue weighted by Crippen LogP contribution is 2.37. The quantitative estimate of drug-likeness (QED) is 0.601. The molecule has 1 atom stereocenters. The molecule has 3 N–H and O–H groups in total. The van der Waals surface area contributed by atoms with E-state index >= 15 is 0 Å². The van der Waals surface area contributed by atoms with Crippen LogP contribution >= 0.6 is 0 Å². The number of nitrogens with one attached hydrogen (secondary N) is 2. The fourth-order valence-corrected chi connectivity index (χ4v) is 2.86. The smallest absolute Gasteiger partial charge is 0.314 e. The van der Waals surface area contributed by atoms with Crippen LogP contribution in [-0.4, -0.2) is 46.4 Å². The SMILES string of the molecule is CS(=O)CCCNC(=O)NCC1(C(=O)O)CCCC1. The Hall–Kier alpha value is -1.11. The molecule has 110 valence electrons. The lowest BCUT2D eigenvalue weighted by atomic mass is 9.86. The zero-order valence-electron chi connectivity index (χ0n) is 11.2. The molecular formula is C12H22N2O4S.